The Morgan fingerprint density at radius 2 is 2.00 bits per heavy atom. The number of benzene rings is 1. The molecule has 1 aliphatic rings. The lowest BCUT2D eigenvalue weighted by Gasteiger charge is -2.15. The number of hydrogen-bond donors (Lipinski definition) is 3. The van der Waals surface area contributed by atoms with Crippen LogP contribution in [0.1, 0.15) is 5.56 Å². The monoisotopic (exact) mass is 285 g/mol. The number of nitro groups is 1. The SMILES string of the molecule is O=[N+]([O-])c1ccccc1CO[C@@H]1O[C@H](CO)[C@@H](O)[C@H]1O. The van der Waals surface area contributed by atoms with E-state index in [-0.39, 0.29) is 12.3 Å². The summed E-state index contributed by atoms with van der Waals surface area (Å²) in [6, 6.07) is 6.03. The first-order valence-corrected chi connectivity index (χ1v) is 6.01. The van der Waals surface area contributed by atoms with E-state index in [0.717, 1.165) is 0 Å². The molecule has 1 saturated heterocycles. The van der Waals surface area contributed by atoms with Gasteiger partial charge in [0.2, 0.25) is 0 Å². The fraction of sp³-hybridized carbons (Fsp3) is 0.500. The zero-order valence-electron chi connectivity index (χ0n) is 10.5. The van der Waals surface area contributed by atoms with Crippen LogP contribution in [0.25, 0.3) is 0 Å². The highest BCUT2D eigenvalue weighted by Crippen LogP contribution is 2.25. The molecular weight excluding hydrogens is 270 g/mol. The van der Waals surface area contributed by atoms with Gasteiger partial charge in [0.25, 0.3) is 5.69 Å². The highest BCUT2D eigenvalue weighted by Gasteiger charge is 2.43. The fourth-order valence-corrected chi connectivity index (χ4v) is 1.99. The van der Waals surface area contributed by atoms with Crippen LogP contribution in [0.5, 0.6) is 0 Å². The Morgan fingerprint density at radius 3 is 2.60 bits per heavy atom. The van der Waals surface area contributed by atoms with Crippen molar-refractivity contribution in [2.24, 2.45) is 0 Å². The Bertz CT molecular complexity index is 481. The highest BCUT2D eigenvalue weighted by atomic mass is 16.7. The van der Waals surface area contributed by atoms with Crippen LogP contribution >= 0.6 is 0 Å². The minimum atomic E-state index is -1.31. The van der Waals surface area contributed by atoms with E-state index in [4.69, 9.17) is 14.6 Å². The van der Waals surface area contributed by atoms with Gasteiger partial charge in [-0.25, -0.2) is 0 Å². The van der Waals surface area contributed by atoms with Crippen molar-refractivity contribution in [3.8, 4) is 0 Å². The fourth-order valence-electron chi connectivity index (χ4n) is 1.99. The van der Waals surface area contributed by atoms with Crippen LogP contribution in [-0.2, 0) is 16.1 Å². The van der Waals surface area contributed by atoms with Gasteiger partial charge in [0.05, 0.1) is 23.7 Å². The first-order valence-electron chi connectivity index (χ1n) is 6.01. The van der Waals surface area contributed by atoms with Crippen molar-refractivity contribution in [1.29, 1.82) is 0 Å². The summed E-state index contributed by atoms with van der Waals surface area (Å²) in [6.45, 7) is -0.604. The lowest BCUT2D eigenvalue weighted by atomic mass is 10.1. The molecule has 1 aromatic carbocycles. The number of nitro benzene ring substituents is 1. The predicted octanol–water partition coefficient (Wildman–Crippen LogP) is -0.450. The third kappa shape index (κ3) is 2.94. The molecule has 0 spiro atoms. The molecular formula is C12H15NO7. The molecule has 0 radical (unpaired) electrons. The zero-order chi connectivity index (χ0) is 14.7. The molecule has 1 aliphatic heterocycles. The molecule has 0 aromatic heterocycles. The van der Waals surface area contributed by atoms with Crippen LogP contribution in [0.2, 0.25) is 0 Å². The Labute approximate surface area is 114 Å². The molecule has 1 fully saturated rings. The predicted molar refractivity (Wildman–Crippen MR) is 65.6 cm³/mol. The van der Waals surface area contributed by atoms with Crippen molar-refractivity contribution in [3.05, 3.63) is 39.9 Å². The summed E-state index contributed by atoms with van der Waals surface area (Å²) in [5, 5.41) is 39.0. The molecule has 3 N–H and O–H groups in total. The summed E-state index contributed by atoms with van der Waals surface area (Å²) in [5.41, 5.74) is 0.231. The average molecular weight is 285 g/mol. The number of ether oxygens (including phenoxy) is 2. The summed E-state index contributed by atoms with van der Waals surface area (Å²) in [6.07, 6.45) is -4.63. The van der Waals surface area contributed by atoms with Crippen molar-refractivity contribution in [2.45, 2.75) is 31.2 Å². The maximum atomic E-state index is 10.8. The maximum absolute atomic E-state index is 10.8. The van der Waals surface area contributed by atoms with Crippen molar-refractivity contribution >= 4 is 5.69 Å². The Balaban J connectivity index is 2.01. The van der Waals surface area contributed by atoms with Gasteiger partial charge in [-0.1, -0.05) is 12.1 Å². The molecule has 8 heteroatoms. The van der Waals surface area contributed by atoms with Crippen molar-refractivity contribution in [1.82, 2.24) is 0 Å². The molecule has 20 heavy (non-hydrogen) atoms. The summed E-state index contributed by atoms with van der Waals surface area (Å²) in [7, 11) is 0. The van der Waals surface area contributed by atoms with E-state index < -0.39 is 36.1 Å². The van der Waals surface area contributed by atoms with Crippen molar-refractivity contribution in [2.75, 3.05) is 6.61 Å². The van der Waals surface area contributed by atoms with E-state index in [2.05, 4.69) is 0 Å². The van der Waals surface area contributed by atoms with Crippen LogP contribution in [0.15, 0.2) is 24.3 Å². The topological polar surface area (TPSA) is 122 Å². The van der Waals surface area contributed by atoms with E-state index in [1.54, 1.807) is 6.07 Å². The molecule has 8 nitrogen and oxygen atoms in total. The smallest absolute Gasteiger partial charge is 0.274 e. The van der Waals surface area contributed by atoms with E-state index in [0.29, 0.717) is 5.56 Å². The largest absolute Gasteiger partial charge is 0.394 e. The molecule has 1 aromatic rings. The van der Waals surface area contributed by atoms with Crippen molar-refractivity contribution < 1.29 is 29.7 Å². The lowest BCUT2D eigenvalue weighted by molar-refractivity contribution is -0.386. The Kier molecular flexibility index (Phi) is 4.63. The Hall–Kier alpha value is -1.58. The second-order valence-electron chi connectivity index (χ2n) is 4.40. The first kappa shape index (κ1) is 14.8. The molecule has 0 saturated carbocycles. The molecule has 110 valence electrons. The summed E-state index contributed by atoms with van der Waals surface area (Å²) in [5.74, 6) is 0. The number of aliphatic hydroxyl groups is 3. The zero-order valence-corrected chi connectivity index (χ0v) is 10.5. The minimum Gasteiger partial charge on any atom is -0.394 e. The third-order valence-corrected chi connectivity index (χ3v) is 3.09. The first-order chi connectivity index (χ1) is 9.54. The van der Waals surface area contributed by atoms with Crippen LogP contribution in [0.3, 0.4) is 0 Å². The maximum Gasteiger partial charge on any atom is 0.274 e. The van der Waals surface area contributed by atoms with E-state index in [1.165, 1.54) is 18.2 Å². The summed E-state index contributed by atoms with van der Waals surface area (Å²) in [4.78, 5) is 10.3. The van der Waals surface area contributed by atoms with Gasteiger partial charge in [-0.2, -0.15) is 0 Å². The number of rotatable bonds is 5. The average Bonchev–Trinajstić information content (AvgIpc) is 2.72. The highest BCUT2D eigenvalue weighted by molar-refractivity contribution is 5.39. The van der Waals surface area contributed by atoms with Crippen molar-refractivity contribution in [3.63, 3.8) is 0 Å². The van der Waals surface area contributed by atoms with Gasteiger partial charge in [0.1, 0.15) is 18.3 Å². The number of para-hydroxylation sites is 1. The molecule has 0 amide bonds. The third-order valence-electron chi connectivity index (χ3n) is 3.09. The van der Waals surface area contributed by atoms with Gasteiger partial charge in [-0.15, -0.1) is 0 Å². The molecule has 1 heterocycles. The van der Waals surface area contributed by atoms with E-state index in [1.807, 2.05) is 0 Å². The molecule has 0 bridgehead atoms. The second-order valence-corrected chi connectivity index (χ2v) is 4.40. The molecule has 4 atom stereocenters. The molecule has 0 unspecified atom stereocenters. The van der Waals surface area contributed by atoms with E-state index in [9.17, 15) is 20.3 Å². The summed E-state index contributed by atoms with van der Waals surface area (Å²) < 4.78 is 10.4. The normalized spacial score (nSPS) is 29.6. The molecule has 0 aliphatic carbocycles. The minimum absolute atomic E-state index is 0.0979. The molecule has 2 rings (SSSR count). The number of hydrogen-bond acceptors (Lipinski definition) is 7. The number of aliphatic hydroxyl groups excluding tert-OH is 3. The quantitative estimate of drug-likeness (QED) is 0.494. The van der Waals surface area contributed by atoms with Gasteiger partial charge in [0.15, 0.2) is 6.29 Å². The lowest BCUT2D eigenvalue weighted by Crippen LogP contribution is -2.34. The van der Waals surface area contributed by atoms with Gasteiger partial charge in [0, 0.05) is 6.07 Å². The van der Waals surface area contributed by atoms with Gasteiger partial charge in [-0.05, 0) is 6.07 Å². The number of nitrogens with zero attached hydrogens (tertiary/aromatic N) is 1. The van der Waals surface area contributed by atoms with Crippen LogP contribution < -0.4 is 0 Å². The van der Waals surface area contributed by atoms with Gasteiger partial charge < -0.3 is 24.8 Å². The summed E-state index contributed by atoms with van der Waals surface area (Å²) >= 11 is 0. The van der Waals surface area contributed by atoms with E-state index >= 15 is 0 Å². The van der Waals surface area contributed by atoms with Crippen LogP contribution in [-0.4, -0.2) is 51.5 Å². The second kappa shape index (κ2) is 6.25. The van der Waals surface area contributed by atoms with Gasteiger partial charge >= 0.3 is 0 Å². The van der Waals surface area contributed by atoms with Gasteiger partial charge in [-0.3, -0.25) is 10.1 Å². The van der Waals surface area contributed by atoms with Crippen LogP contribution in [0, 0.1) is 10.1 Å². The Morgan fingerprint density at radius 1 is 1.30 bits per heavy atom. The van der Waals surface area contributed by atoms with Crippen LogP contribution in [0.4, 0.5) is 5.69 Å². The standard InChI is InChI=1S/C12H15NO7/c14-5-9-10(15)11(16)12(20-9)19-6-7-3-1-2-4-8(7)13(17)18/h1-4,9-12,14-16H,5-6H2/t9-,10-,11-,12-/m1/s1.